The average molecular weight is 245 g/mol. The van der Waals surface area contributed by atoms with Crippen molar-refractivity contribution in [3.63, 3.8) is 0 Å². The standard InChI is InChI=1S/C7H14F3N3OS/c8-7(9,10)15-5-4-12-3-1-2-6(11)13-14/h12,14H,1-5H2,(H2,11,13). The summed E-state index contributed by atoms with van der Waals surface area (Å²) in [5.41, 5.74) is 1.03. The topological polar surface area (TPSA) is 70.6 Å². The second-order valence-electron chi connectivity index (χ2n) is 2.74. The maximum Gasteiger partial charge on any atom is 0.441 e. The molecule has 0 aliphatic heterocycles. The second-order valence-corrected chi connectivity index (χ2v) is 3.90. The Morgan fingerprint density at radius 2 is 2.07 bits per heavy atom. The minimum atomic E-state index is -4.16. The number of nitrogens with two attached hydrogens (primary N) is 1. The van der Waals surface area contributed by atoms with Crippen LogP contribution in [0.5, 0.6) is 0 Å². The van der Waals surface area contributed by atoms with Crippen molar-refractivity contribution in [3.8, 4) is 0 Å². The van der Waals surface area contributed by atoms with Crippen molar-refractivity contribution in [2.75, 3.05) is 18.8 Å². The SMILES string of the molecule is NC(CCCNCCSC(F)(F)F)=NO. The maximum absolute atomic E-state index is 11.7. The first-order valence-corrected chi connectivity index (χ1v) is 5.32. The minimum absolute atomic E-state index is 0.00687. The predicted molar refractivity (Wildman–Crippen MR) is 54.0 cm³/mol. The van der Waals surface area contributed by atoms with E-state index in [-0.39, 0.29) is 23.4 Å². The monoisotopic (exact) mass is 245 g/mol. The van der Waals surface area contributed by atoms with E-state index in [2.05, 4.69) is 10.5 Å². The van der Waals surface area contributed by atoms with Gasteiger partial charge in [0, 0.05) is 18.7 Å². The lowest BCUT2D eigenvalue weighted by Gasteiger charge is -2.06. The Bertz CT molecular complexity index is 198. The molecule has 0 bridgehead atoms. The van der Waals surface area contributed by atoms with E-state index in [1.165, 1.54) is 0 Å². The minimum Gasteiger partial charge on any atom is -0.409 e. The molecule has 0 amide bonds. The number of nitrogens with one attached hydrogen (secondary N) is 1. The number of rotatable bonds is 7. The summed E-state index contributed by atoms with van der Waals surface area (Å²) >= 11 is -0.0485. The molecule has 8 heteroatoms. The smallest absolute Gasteiger partial charge is 0.409 e. The van der Waals surface area contributed by atoms with E-state index in [0.717, 1.165) is 0 Å². The third-order valence-corrected chi connectivity index (χ3v) is 2.20. The van der Waals surface area contributed by atoms with Crippen LogP contribution in [-0.4, -0.2) is 35.4 Å². The van der Waals surface area contributed by atoms with Gasteiger partial charge in [-0.2, -0.15) is 13.2 Å². The molecule has 0 unspecified atom stereocenters. The molecule has 4 N–H and O–H groups in total. The number of alkyl halides is 3. The number of halogens is 3. The number of nitrogens with zero attached hydrogens (tertiary/aromatic N) is 1. The molecule has 0 saturated heterocycles. The van der Waals surface area contributed by atoms with E-state index in [9.17, 15) is 13.2 Å². The van der Waals surface area contributed by atoms with E-state index in [4.69, 9.17) is 10.9 Å². The quantitative estimate of drug-likeness (QED) is 0.208. The van der Waals surface area contributed by atoms with E-state index in [1.54, 1.807) is 0 Å². The first-order chi connectivity index (χ1) is 6.95. The van der Waals surface area contributed by atoms with Gasteiger partial charge in [0.1, 0.15) is 5.84 Å². The van der Waals surface area contributed by atoms with E-state index >= 15 is 0 Å². The van der Waals surface area contributed by atoms with E-state index < -0.39 is 5.51 Å². The summed E-state index contributed by atoms with van der Waals surface area (Å²) in [5, 5.41) is 13.8. The molecule has 0 aliphatic rings. The summed E-state index contributed by atoms with van der Waals surface area (Å²) in [7, 11) is 0. The number of thioether (sulfide) groups is 1. The Morgan fingerprint density at radius 1 is 1.40 bits per heavy atom. The molecule has 0 aromatic carbocycles. The molecule has 90 valence electrons. The fourth-order valence-electron chi connectivity index (χ4n) is 0.808. The number of amidine groups is 1. The van der Waals surface area contributed by atoms with Gasteiger partial charge in [-0.3, -0.25) is 0 Å². The maximum atomic E-state index is 11.7. The van der Waals surface area contributed by atoms with Gasteiger partial charge in [0.05, 0.1) is 0 Å². The summed E-state index contributed by atoms with van der Waals surface area (Å²) in [6.07, 6.45) is 1.06. The first-order valence-electron chi connectivity index (χ1n) is 4.33. The highest BCUT2D eigenvalue weighted by Gasteiger charge is 2.27. The van der Waals surface area contributed by atoms with Crippen LogP contribution in [0.3, 0.4) is 0 Å². The molecule has 0 spiro atoms. The molecule has 0 fully saturated rings. The normalized spacial score (nSPS) is 13.1. The largest absolute Gasteiger partial charge is 0.441 e. The highest BCUT2D eigenvalue weighted by atomic mass is 32.2. The molecule has 0 saturated carbocycles. The van der Waals surface area contributed by atoms with Gasteiger partial charge in [0.2, 0.25) is 0 Å². The van der Waals surface area contributed by atoms with Crippen molar-refractivity contribution >= 4 is 17.6 Å². The van der Waals surface area contributed by atoms with Crippen molar-refractivity contribution < 1.29 is 18.4 Å². The molecular formula is C7H14F3N3OS. The van der Waals surface area contributed by atoms with Gasteiger partial charge in [-0.25, -0.2) is 0 Å². The van der Waals surface area contributed by atoms with Gasteiger partial charge < -0.3 is 16.3 Å². The Kier molecular flexibility index (Phi) is 7.31. The molecule has 4 nitrogen and oxygen atoms in total. The Labute approximate surface area is 90.1 Å². The summed E-state index contributed by atoms with van der Waals surface area (Å²) in [6.45, 7) is 0.842. The Morgan fingerprint density at radius 3 is 2.60 bits per heavy atom. The number of hydrogen-bond acceptors (Lipinski definition) is 4. The van der Waals surface area contributed by atoms with Crippen molar-refractivity contribution in [1.82, 2.24) is 5.32 Å². The van der Waals surface area contributed by atoms with Crippen LogP contribution in [0.15, 0.2) is 5.16 Å². The lowest BCUT2D eigenvalue weighted by molar-refractivity contribution is -0.0327. The van der Waals surface area contributed by atoms with Crippen molar-refractivity contribution in [3.05, 3.63) is 0 Å². The van der Waals surface area contributed by atoms with Crippen LogP contribution >= 0.6 is 11.8 Å². The zero-order chi connectivity index (χ0) is 11.7. The summed E-state index contributed by atoms with van der Waals surface area (Å²) in [6, 6.07) is 0. The van der Waals surface area contributed by atoms with E-state index in [1.807, 2.05) is 0 Å². The van der Waals surface area contributed by atoms with E-state index in [0.29, 0.717) is 25.9 Å². The fourth-order valence-corrected chi connectivity index (χ4v) is 1.29. The molecule has 0 atom stereocenters. The zero-order valence-corrected chi connectivity index (χ0v) is 8.87. The highest BCUT2D eigenvalue weighted by molar-refractivity contribution is 8.00. The molecule has 0 heterocycles. The molecule has 15 heavy (non-hydrogen) atoms. The first kappa shape index (κ1) is 14.4. The molecule has 0 aliphatic carbocycles. The second kappa shape index (κ2) is 7.63. The van der Waals surface area contributed by atoms with Crippen LogP contribution in [0.25, 0.3) is 0 Å². The van der Waals surface area contributed by atoms with Crippen LogP contribution in [0.4, 0.5) is 13.2 Å². The Balaban J connectivity index is 3.19. The van der Waals surface area contributed by atoms with Crippen molar-refractivity contribution in [2.24, 2.45) is 10.9 Å². The molecule has 0 rings (SSSR count). The third kappa shape index (κ3) is 11.3. The Hall–Kier alpha value is -0.630. The predicted octanol–water partition coefficient (Wildman–Crippen LogP) is 1.36. The van der Waals surface area contributed by atoms with Gasteiger partial charge >= 0.3 is 5.51 Å². The van der Waals surface area contributed by atoms with Crippen LogP contribution in [0.2, 0.25) is 0 Å². The van der Waals surface area contributed by atoms with Crippen molar-refractivity contribution in [1.29, 1.82) is 0 Å². The van der Waals surface area contributed by atoms with Crippen LogP contribution in [0.1, 0.15) is 12.8 Å². The van der Waals surface area contributed by atoms with Gasteiger partial charge in [-0.15, -0.1) is 0 Å². The van der Waals surface area contributed by atoms with Gasteiger partial charge in [-0.05, 0) is 24.7 Å². The van der Waals surface area contributed by atoms with Crippen molar-refractivity contribution in [2.45, 2.75) is 18.3 Å². The third-order valence-electron chi connectivity index (χ3n) is 1.46. The summed E-state index contributed by atoms with van der Waals surface area (Å²) < 4.78 is 35.0. The molecule has 0 radical (unpaired) electrons. The van der Waals surface area contributed by atoms with Crippen LogP contribution in [0, 0.1) is 0 Å². The zero-order valence-electron chi connectivity index (χ0n) is 8.05. The number of oxime groups is 1. The van der Waals surface area contributed by atoms with Crippen LogP contribution in [-0.2, 0) is 0 Å². The molecule has 0 aromatic rings. The fraction of sp³-hybridized carbons (Fsp3) is 0.857. The molecule has 0 aromatic heterocycles. The van der Waals surface area contributed by atoms with Gasteiger partial charge in [0.25, 0.3) is 0 Å². The molecular weight excluding hydrogens is 231 g/mol. The average Bonchev–Trinajstić information content (AvgIpc) is 2.14. The summed E-state index contributed by atoms with van der Waals surface area (Å²) in [4.78, 5) is 0. The van der Waals surface area contributed by atoms with Gasteiger partial charge in [-0.1, -0.05) is 5.16 Å². The number of hydrogen-bond donors (Lipinski definition) is 3. The van der Waals surface area contributed by atoms with Gasteiger partial charge in [0.15, 0.2) is 0 Å². The summed E-state index contributed by atoms with van der Waals surface area (Å²) in [5.74, 6) is 0.119. The lowest BCUT2D eigenvalue weighted by atomic mass is 10.3. The highest BCUT2D eigenvalue weighted by Crippen LogP contribution is 2.29. The van der Waals surface area contributed by atoms with Crippen LogP contribution < -0.4 is 11.1 Å². The lowest BCUT2D eigenvalue weighted by Crippen LogP contribution is -2.21.